The molecule has 1 aliphatic rings. The number of hydrogen-bond donors (Lipinski definition) is 2. The van der Waals surface area contributed by atoms with Gasteiger partial charge in [0.1, 0.15) is 11.2 Å². The van der Waals surface area contributed by atoms with E-state index in [1.54, 1.807) is 36.4 Å². The topological polar surface area (TPSA) is 101 Å². The van der Waals surface area contributed by atoms with Crippen LogP contribution in [-0.2, 0) is 14.6 Å². The van der Waals surface area contributed by atoms with Crippen LogP contribution in [0.15, 0.2) is 53.4 Å². The summed E-state index contributed by atoms with van der Waals surface area (Å²) in [7, 11) is -2.43. The van der Waals surface area contributed by atoms with Crippen LogP contribution in [0, 0.1) is 12.3 Å². The number of carboxylic acids is 1. The number of rotatable bonds is 6. The normalized spacial score (nSPS) is 24.9. The van der Waals surface area contributed by atoms with E-state index < -0.39 is 39.0 Å². The van der Waals surface area contributed by atoms with Gasteiger partial charge in [0.15, 0.2) is 9.84 Å². The fourth-order valence-electron chi connectivity index (χ4n) is 3.53. The fourth-order valence-corrected chi connectivity index (χ4v) is 5.89. The van der Waals surface area contributed by atoms with Crippen molar-refractivity contribution in [3.05, 3.63) is 59.7 Å². The van der Waals surface area contributed by atoms with Crippen LogP contribution in [0.3, 0.4) is 0 Å². The molecular formula is C19H20O6S. The molecule has 0 unspecified atom stereocenters. The first-order valence-corrected chi connectivity index (χ1v) is 9.62. The molecule has 0 heterocycles. The zero-order valence-corrected chi connectivity index (χ0v) is 15.2. The Labute approximate surface area is 152 Å². The molecule has 3 atom stereocenters. The molecule has 138 valence electrons. The number of hydrogen-bond acceptors (Lipinski definition) is 5. The lowest BCUT2D eigenvalue weighted by Gasteiger charge is -2.10. The second-order valence-corrected chi connectivity index (χ2v) is 8.60. The van der Waals surface area contributed by atoms with Crippen LogP contribution in [-0.4, -0.2) is 43.6 Å². The molecule has 0 bridgehead atoms. The van der Waals surface area contributed by atoms with E-state index in [0.29, 0.717) is 11.3 Å². The Hall–Kier alpha value is -2.38. The predicted octanol–water partition coefficient (Wildman–Crippen LogP) is 2.01. The Balaban J connectivity index is 2.08. The third-order valence-electron chi connectivity index (χ3n) is 5.07. The number of ether oxygens (including phenoxy) is 1. The van der Waals surface area contributed by atoms with Gasteiger partial charge >= 0.3 is 5.97 Å². The van der Waals surface area contributed by atoms with E-state index in [9.17, 15) is 23.4 Å². The van der Waals surface area contributed by atoms with E-state index in [-0.39, 0.29) is 4.90 Å². The Morgan fingerprint density at radius 2 is 1.69 bits per heavy atom. The van der Waals surface area contributed by atoms with Crippen molar-refractivity contribution >= 4 is 15.8 Å². The van der Waals surface area contributed by atoms with Crippen molar-refractivity contribution in [1.29, 1.82) is 0 Å². The quantitative estimate of drug-likeness (QED) is 0.800. The van der Waals surface area contributed by atoms with Gasteiger partial charge in [0.25, 0.3) is 0 Å². The maximum absolute atomic E-state index is 13.1. The summed E-state index contributed by atoms with van der Waals surface area (Å²) in [6, 6.07) is 12.8. The second-order valence-electron chi connectivity index (χ2n) is 6.53. The van der Waals surface area contributed by atoms with Gasteiger partial charge in [-0.15, -0.1) is 0 Å². The zero-order valence-electron chi connectivity index (χ0n) is 14.4. The van der Waals surface area contributed by atoms with Crippen molar-refractivity contribution in [2.45, 2.75) is 23.0 Å². The molecule has 0 amide bonds. The van der Waals surface area contributed by atoms with Gasteiger partial charge in [-0.2, -0.15) is 0 Å². The molecule has 2 aromatic rings. The predicted molar refractivity (Wildman–Crippen MR) is 95.0 cm³/mol. The monoisotopic (exact) mass is 376 g/mol. The van der Waals surface area contributed by atoms with Crippen molar-refractivity contribution in [2.24, 2.45) is 5.41 Å². The third kappa shape index (κ3) is 2.68. The summed E-state index contributed by atoms with van der Waals surface area (Å²) in [4.78, 5) is 12.0. The van der Waals surface area contributed by atoms with Gasteiger partial charge in [-0.3, -0.25) is 4.79 Å². The van der Waals surface area contributed by atoms with Gasteiger partial charge in [0.2, 0.25) is 0 Å². The molecule has 7 heteroatoms. The van der Waals surface area contributed by atoms with E-state index in [1.165, 1.54) is 19.2 Å². The van der Waals surface area contributed by atoms with Crippen LogP contribution in [0.2, 0.25) is 0 Å². The number of aliphatic hydroxyl groups excluding tert-OH is 1. The van der Waals surface area contributed by atoms with Crippen molar-refractivity contribution in [3.63, 3.8) is 0 Å². The lowest BCUT2D eigenvalue weighted by atomic mass is 10.00. The largest absolute Gasteiger partial charge is 0.497 e. The van der Waals surface area contributed by atoms with Gasteiger partial charge in [-0.1, -0.05) is 29.8 Å². The minimum atomic E-state index is -3.93. The highest BCUT2D eigenvalue weighted by Crippen LogP contribution is 2.64. The SMILES string of the molecule is COc1ccc([C@@H]2[C@H](S(=O)(=O)c3ccc(C)cc3)[C@]2(CO)C(=O)O)cc1. The van der Waals surface area contributed by atoms with Gasteiger partial charge in [0.05, 0.1) is 23.9 Å². The molecule has 1 aliphatic carbocycles. The Morgan fingerprint density at radius 1 is 1.12 bits per heavy atom. The molecule has 0 aliphatic heterocycles. The Bertz CT molecular complexity index is 918. The molecule has 0 aromatic heterocycles. The second kappa shape index (κ2) is 6.41. The lowest BCUT2D eigenvalue weighted by Crippen LogP contribution is -2.27. The van der Waals surface area contributed by atoms with Crippen LogP contribution in [0.1, 0.15) is 17.0 Å². The van der Waals surface area contributed by atoms with Crippen LogP contribution in [0.25, 0.3) is 0 Å². The molecule has 1 saturated carbocycles. The summed E-state index contributed by atoms with van der Waals surface area (Å²) in [6.07, 6.45) is 0. The average Bonchev–Trinajstić information content (AvgIpc) is 3.34. The van der Waals surface area contributed by atoms with E-state index in [4.69, 9.17) is 4.74 Å². The van der Waals surface area contributed by atoms with E-state index in [1.807, 2.05) is 6.92 Å². The summed E-state index contributed by atoms with van der Waals surface area (Å²) in [5.41, 5.74) is -0.306. The molecule has 6 nitrogen and oxygen atoms in total. The van der Waals surface area contributed by atoms with Gasteiger partial charge in [0, 0.05) is 5.92 Å². The van der Waals surface area contributed by atoms with Gasteiger partial charge in [-0.05, 0) is 36.8 Å². The minimum absolute atomic E-state index is 0.0585. The summed E-state index contributed by atoms with van der Waals surface area (Å²) in [5.74, 6) is -1.57. The van der Waals surface area contributed by atoms with Crippen LogP contribution < -0.4 is 4.74 Å². The smallest absolute Gasteiger partial charge is 0.314 e. The number of carboxylic acid groups (broad SMARTS) is 1. The van der Waals surface area contributed by atoms with E-state index >= 15 is 0 Å². The number of aryl methyl sites for hydroxylation is 1. The third-order valence-corrected chi connectivity index (χ3v) is 7.37. The Morgan fingerprint density at radius 3 is 2.15 bits per heavy atom. The van der Waals surface area contributed by atoms with Crippen LogP contribution in [0.5, 0.6) is 5.75 Å². The zero-order chi connectivity index (χ0) is 19.1. The summed E-state index contributed by atoms with van der Waals surface area (Å²) >= 11 is 0. The van der Waals surface area contributed by atoms with E-state index in [0.717, 1.165) is 5.56 Å². The lowest BCUT2D eigenvalue weighted by molar-refractivity contribution is -0.145. The highest BCUT2D eigenvalue weighted by Gasteiger charge is 2.75. The standard InChI is InChI=1S/C19H20O6S/c1-12-3-9-15(10-4-12)26(23,24)17-16(19(17,11-20)18(21)22)13-5-7-14(25-2)8-6-13/h3-10,16-17,20H,11H2,1-2H3,(H,21,22)/t16-,17+,19-/m1/s1. The van der Waals surface area contributed by atoms with Crippen molar-refractivity contribution in [2.75, 3.05) is 13.7 Å². The summed E-state index contributed by atoms with van der Waals surface area (Å²) in [5, 5.41) is 18.3. The summed E-state index contributed by atoms with van der Waals surface area (Å²) < 4.78 is 31.3. The molecule has 3 rings (SSSR count). The number of methoxy groups -OCH3 is 1. The van der Waals surface area contributed by atoms with Crippen LogP contribution in [0.4, 0.5) is 0 Å². The minimum Gasteiger partial charge on any atom is -0.497 e. The highest BCUT2D eigenvalue weighted by atomic mass is 32.2. The van der Waals surface area contributed by atoms with Crippen molar-refractivity contribution in [3.8, 4) is 5.75 Å². The highest BCUT2D eigenvalue weighted by molar-refractivity contribution is 7.92. The first kappa shape index (κ1) is 18.4. The average molecular weight is 376 g/mol. The van der Waals surface area contributed by atoms with E-state index in [2.05, 4.69) is 0 Å². The van der Waals surface area contributed by atoms with Crippen molar-refractivity contribution in [1.82, 2.24) is 0 Å². The fraction of sp³-hybridized carbons (Fsp3) is 0.316. The maximum Gasteiger partial charge on any atom is 0.314 e. The molecule has 0 radical (unpaired) electrons. The molecule has 1 fully saturated rings. The number of aliphatic hydroxyl groups is 1. The first-order chi connectivity index (χ1) is 12.3. The molecule has 2 N–H and O–H groups in total. The molecule has 26 heavy (non-hydrogen) atoms. The number of benzene rings is 2. The van der Waals surface area contributed by atoms with Crippen molar-refractivity contribution < 1.29 is 28.2 Å². The first-order valence-electron chi connectivity index (χ1n) is 8.08. The number of aliphatic carboxylic acids is 1. The summed E-state index contributed by atoms with van der Waals surface area (Å²) in [6.45, 7) is 1.08. The Kier molecular flexibility index (Phi) is 4.54. The van der Waals surface area contributed by atoms with Gasteiger partial charge in [-0.25, -0.2) is 8.42 Å². The molecule has 2 aromatic carbocycles. The number of sulfone groups is 1. The number of carbonyl (C=O) groups is 1. The molecule has 0 saturated heterocycles. The molecule has 0 spiro atoms. The maximum atomic E-state index is 13.1. The van der Waals surface area contributed by atoms with Crippen LogP contribution >= 0.6 is 0 Å². The molecular weight excluding hydrogens is 356 g/mol. The van der Waals surface area contributed by atoms with Gasteiger partial charge < -0.3 is 14.9 Å².